The number of ether oxygens (including phenoxy) is 1. The van der Waals surface area contributed by atoms with Gasteiger partial charge in [-0.25, -0.2) is 0 Å². The second-order valence-electron chi connectivity index (χ2n) is 4.24. The minimum atomic E-state index is 0. The van der Waals surface area contributed by atoms with Crippen LogP contribution in [-0.4, -0.2) is 75.4 Å². The Labute approximate surface area is 144 Å². The van der Waals surface area contributed by atoms with Crippen molar-refractivity contribution in [3.8, 4) is 0 Å². The van der Waals surface area contributed by atoms with Gasteiger partial charge in [-0.2, -0.15) is 11.8 Å². The molecule has 2 N–H and O–H groups in total. The summed E-state index contributed by atoms with van der Waals surface area (Å²) in [5.74, 6) is 2.95. The molecule has 0 radical (unpaired) electrons. The zero-order valence-corrected chi connectivity index (χ0v) is 15.4. The van der Waals surface area contributed by atoms with E-state index in [-0.39, 0.29) is 24.0 Å². The number of hydrogen-bond acceptors (Lipinski definition) is 4. The lowest BCUT2D eigenvalue weighted by molar-refractivity contribution is 0.0389. The number of guanidine groups is 1. The zero-order valence-electron chi connectivity index (χ0n) is 12.3. The van der Waals surface area contributed by atoms with E-state index in [0.717, 1.165) is 63.4 Å². The molecule has 1 aliphatic heterocycles. The predicted molar refractivity (Wildman–Crippen MR) is 99.6 cm³/mol. The number of halogens is 1. The molecule has 1 fully saturated rings. The highest BCUT2D eigenvalue weighted by Crippen LogP contribution is 1.97. The number of hydrogen-bond donors (Lipinski definition) is 2. The van der Waals surface area contributed by atoms with Crippen molar-refractivity contribution in [2.75, 3.05) is 64.5 Å². The van der Waals surface area contributed by atoms with E-state index in [1.165, 1.54) is 0 Å². The molecule has 1 rings (SSSR count). The van der Waals surface area contributed by atoms with Crippen molar-refractivity contribution >= 4 is 41.7 Å². The first-order valence-electron chi connectivity index (χ1n) is 6.80. The predicted octanol–water partition coefficient (Wildman–Crippen LogP) is 1.02. The Morgan fingerprint density at radius 1 is 1.35 bits per heavy atom. The Hall–Kier alpha value is 0.01000. The average Bonchev–Trinajstić information content (AvgIpc) is 2.46. The molecule has 118 valence electrons. The van der Waals surface area contributed by atoms with Crippen molar-refractivity contribution in [3.63, 3.8) is 0 Å². The van der Waals surface area contributed by atoms with E-state index >= 15 is 0 Å². The Morgan fingerprint density at radius 2 is 2.05 bits per heavy atom. The Morgan fingerprint density at radius 3 is 2.70 bits per heavy atom. The summed E-state index contributed by atoms with van der Waals surface area (Å²) in [4.78, 5) is 6.62. The van der Waals surface area contributed by atoms with E-state index in [9.17, 15) is 0 Å². The summed E-state index contributed by atoms with van der Waals surface area (Å²) < 4.78 is 5.33. The third-order valence-electron chi connectivity index (χ3n) is 2.82. The van der Waals surface area contributed by atoms with Crippen LogP contribution < -0.4 is 10.6 Å². The van der Waals surface area contributed by atoms with Crippen molar-refractivity contribution < 1.29 is 4.74 Å². The molecule has 1 saturated heterocycles. The Balaban J connectivity index is 0.00000361. The maximum Gasteiger partial charge on any atom is 0.191 e. The zero-order chi connectivity index (χ0) is 13.8. The van der Waals surface area contributed by atoms with Crippen molar-refractivity contribution in [1.82, 2.24) is 15.5 Å². The van der Waals surface area contributed by atoms with Crippen LogP contribution in [0.15, 0.2) is 17.6 Å². The number of nitrogens with zero attached hydrogens (tertiary/aromatic N) is 2. The number of aliphatic imine (C=N–C) groups is 1. The van der Waals surface area contributed by atoms with Crippen molar-refractivity contribution in [2.24, 2.45) is 4.99 Å². The van der Waals surface area contributed by atoms with Crippen molar-refractivity contribution in [3.05, 3.63) is 12.7 Å². The van der Waals surface area contributed by atoms with Crippen LogP contribution in [0, 0.1) is 0 Å². The van der Waals surface area contributed by atoms with Crippen molar-refractivity contribution in [1.29, 1.82) is 0 Å². The SMILES string of the molecule is C=CCSCCNC(=NC)NCCN1CCOCC1.I. The van der Waals surface area contributed by atoms with Gasteiger partial charge in [-0.3, -0.25) is 9.89 Å². The molecular weight excluding hydrogens is 387 g/mol. The fourth-order valence-electron chi connectivity index (χ4n) is 1.79. The summed E-state index contributed by atoms with van der Waals surface area (Å²) in [5.41, 5.74) is 0. The quantitative estimate of drug-likeness (QED) is 0.204. The number of rotatable bonds is 8. The second-order valence-corrected chi connectivity index (χ2v) is 5.39. The van der Waals surface area contributed by atoms with Gasteiger partial charge in [0.1, 0.15) is 0 Å². The summed E-state index contributed by atoms with van der Waals surface area (Å²) in [6, 6.07) is 0. The molecule has 1 heterocycles. The van der Waals surface area contributed by atoms with Gasteiger partial charge in [-0.15, -0.1) is 30.6 Å². The molecule has 7 heteroatoms. The first kappa shape index (κ1) is 20.0. The van der Waals surface area contributed by atoms with Crippen LogP contribution in [0.2, 0.25) is 0 Å². The number of thioether (sulfide) groups is 1. The second kappa shape index (κ2) is 14.0. The van der Waals surface area contributed by atoms with E-state index in [1.54, 1.807) is 7.05 Å². The van der Waals surface area contributed by atoms with Crippen LogP contribution in [0.1, 0.15) is 0 Å². The van der Waals surface area contributed by atoms with Crippen LogP contribution in [0.4, 0.5) is 0 Å². The number of nitrogens with one attached hydrogen (secondary N) is 2. The van der Waals surface area contributed by atoms with Gasteiger partial charge < -0.3 is 15.4 Å². The lowest BCUT2D eigenvalue weighted by atomic mass is 10.4. The van der Waals surface area contributed by atoms with Gasteiger partial charge in [-0.1, -0.05) is 6.08 Å². The topological polar surface area (TPSA) is 48.9 Å². The van der Waals surface area contributed by atoms with Gasteiger partial charge in [0.25, 0.3) is 0 Å². The van der Waals surface area contributed by atoms with Gasteiger partial charge in [0.15, 0.2) is 5.96 Å². The molecule has 0 spiro atoms. The average molecular weight is 414 g/mol. The van der Waals surface area contributed by atoms with E-state index in [4.69, 9.17) is 4.74 Å². The highest BCUT2D eigenvalue weighted by Gasteiger charge is 2.09. The normalized spacial score (nSPS) is 16.4. The standard InChI is InChI=1S/C13H26N4OS.HI/c1-3-11-19-12-5-16-13(14-2)15-4-6-17-7-9-18-10-8-17;/h3H,1,4-12H2,2H3,(H2,14,15,16);1H. The molecule has 0 bridgehead atoms. The van der Waals surface area contributed by atoms with Gasteiger partial charge >= 0.3 is 0 Å². The molecule has 0 saturated carbocycles. The first-order chi connectivity index (χ1) is 9.36. The first-order valence-corrected chi connectivity index (χ1v) is 7.95. The van der Waals surface area contributed by atoms with E-state index in [1.807, 2.05) is 17.8 Å². The van der Waals surface area contributed by atoms with Crippen LogP contribution in [0.5, 0.6) is 0 Å². The molecule has 1 aliphatic rings. The fourth-order valence-corrected chi connectivity index (χ4v) is 2.37. The molecule has 0 unspecified atom stereocenters. The highest BCUT2D eigenvalue weighted by atomic mass is 127. The van der Waals surface area contributed by atoms with Gasteiger partial charge in [0.2, 0.25) is 0 Å². The summed E-state index contributed by atoms with van der Waals surface area (Å²) in [6.45, 7) is 10.4. The summed E-state index contributed by atoms with van der Waals surface area (Å²) in [7, 11) is 1.81. The third kappa shape index (κ3) is 9.84. The van der Waals surface area contributed by atoms with E-state index < -0.39 is 0 Å². The maximum atomic E-state index is 5.33. The van der Waals surface area contributed by atoms with E-state index in [2.05, 4.69) is 27.1 Å². The van der Waals surface area contributed by atoms with Gasteiger partial charge in [0.05, 0.1) is 13.2 Å². The van der Waals surface area contributed by atoms with Crippen molar-refractivity contribution in [2.45, 2.75) is 0 Å². The minimum absolute atomic E-state index is 0. The summed E-state index contributed by atoms with van der Waals surface area (Å²) in [6.07, 6.45) is 1.93. The summed E-state index contributed by atoms with van der Waals surface area (Å²) in [5, 5.41) is 6.64. The molecule has 0 aromatic carbocycles. The molecule has 5 nitrogen and oxygen atoms in total. The molecule has 0 amide bonds. The molecular formula is C13H27IN4OS. The Bertz CT molecular complexity index is 273. The Kier molecular flexibility index (Phi) is 14.0. The monoisotopic (exact) mass is 414 g/mol. The minimum Gasteiger partial charge on any atom is -0.379 e. The maximum absolute atomic E-state index is 5.33. The van der Waals surface area contributed by atoms with Crippen LogP contribution >= 0.6 is 35.7 Å². The van der Waals surface area contributed by atoms with Crippen LogP contribution in [0.3, 0.4) is 0 Å². The van der Waals surface area contributed by atoms with Gasteiger partial charge in [-0.05, 0) is 0 Å². The van der Waals surface area contributed by atoms with Crippen LogP contribution in [-0.2, 0) is 4.74 Å². The largest absolute Gasteiger partial charge is 0.379 e. The lowest BCUT2D eigenvalue weighted by Crippen LogP contribution is -2.44. The highest BCUT2D eigenvalue weighted by molar-refractivity contribution is 14.0. The molecule has 0 aromatic rings. The molecule has 0 aromatic heterocycles. The third-order valence-corrected chi connectivity index (χ3v) is 3.79. The molecule has 0 aliphatic carbocycles. The van der Waals surface area contributed by atoms with E-state index in [0.29, 0.717) is 0 Å². The summed E-state index contributed by atoms with van der Waals surface area (Å²) >= 11 is 1.87. The smallest absolute Gasteiger partial charge is 0.191 e. The molecule has 0 atom stereocenters. The number of morpholine rings is 1. The molecule has 20 heavy (non-hydrogen) atoms. The van der Waals surface area contributed by atoms with Crippen LogP contribution in [0.25, 0.3) is 0 Å². The fraction of sp³-hybridized carbons (Fsp3) is 0.769. The lowest BCUT2D eigenvalue weighted by Gasteiger charge is -2.26. The van der Waals surface area contributed by atoms with Gasteiger partial charge in [0, 0.05) is 51.3 Å².